The van der Waals surface area contributed by atoms with Crippen LogP contribution in [0, 0.1) is 0 Å². The van der Waals surface area contributed by atoms with Gasteiger partial charge in [-0.3, -0.25) is 0 Å². The van der Waals surface area contributed by atoms with Gasteiger partial charge in [0.1, 0.15) is 0 Å². The molecular formula is C58H42N2Si. The molecule has 0 saturated carbocycles. The van der Waals surface area contributed by atoms with E-state index in [-0.39, 0.29) is 0 Å². The number of aromatic nitrogens is 1. The fourth-order valence-electron chi connectivity index (χ4n) is 9.65. The van der Waals surface area contributed by atoms with Gasteiger partial charge in [-0.2, -0.15) is 0 Å². The molecule has 0 amide bonds. The monoisotopic (exact) mass is 794 g/mol. The minimum absolute atomic E-state index is 1.10. The summed E-state index contributed by atoms with van der Waals surface area (Å²) in [5.74, 6) is 0. The molecule has 0 aliphatic carbocycles. The lowest BCUT2D eigenvalue weighted by Gasteiger charge is -2.34. The predicted octanol–water partition coefficient (Wildman–Crippen LogP) is 12.5. The summed E-state index contributed by atoms with van der Waals surface area (Å²) in [5, 5.41) is 10.3. The van der Waals surface area contributed by atoms with E-state index in [9.17, 15) is 0 Å². The highest BCUT2D eigenvalue weighted by Gasteiger charge is 2.41. The highest BCUT2D eigenvalue weighted by atomic mass is 28.3. The summed E-state index contributed by atoms with van der Waals surface area (Å²) in [6.07, 6.45) is 0. The van der Waals surface area contributed by atoms with Crippen LogP contribution in [0.2, 0.25) is 0 Å². The third-order valence-corrected chi connectivity index (χ3v) is 17.1. The number of rotatable bonds is 9. The number of benzene rings is 10. The van der Waals surface area contributed by atoms with Crippen LogP contribution in [0.25, 0.3) is 49.4 Å². The van der Waals surface area contributed by atoms with Gasteiger partial charge in [-0.15, -0.1) is 0 Å². The third kappa shape index (κ3) is 6.18. The lowest BCUT2D eigenvalue weighted by molar-refractivity contribution is 1.18. The first-order chi connectivity index (χ1) is 30.3. The number of hydrogen-bond donors (Lipinski definition) is 0. The molecule has 0 aliphatic rings. The Morgan fingerprint density at radius 1 is 0.328 bits per heavy atom. The molecule has 288 valence electrons. The standard InChI is InChI=1S/C58H42N2Si/c1-5-23-46(24-6-1)59-55-34-16-15-33-53(55)58-56(59)36-19-37-57(58)60(54-35-18-21-44-20-13-14-32-52(44)54)47-40-38-43(39-41-47)45-22-17-31-51(42-45)61(48-25-7-2-8-26-48,49-27-9-3-10-28-49)50-29-11-4-12-30-50/h1-42H. The zero-order valence-electron chi connectivity index (χ0n) is 33.6. The maximum absolute atomic E-state index is 2.69. The van der Waals surface area contributed by atoms with Gasteiger partial charge in [-0.05, 0) is 85.8 Å². The smallest absolute Gasteiger partial charge is 0.179 e. The lowest BCUT2D eigenvalue weighted by Crippen LogP contribution is -2.74. The number of anilines is 3. The maximum Gasteiger partial charge on any atom is 0.179 e. The van der Waals surface area contributed by atoms with E-state index in [2.05, 4.69) is 264 Å². The SMILES string of the molecule is c1ccc(-n2c3ccccc3c3c(N(c4ccc(-c5cccc([Si](c6ccccc6)(c6ccccc6)c6ccccc6)c5)cc4)c4cccc5ccccc45)cccc32)cc1. The van der Waals surface area contributed by atoms with E-state index in [0.29, 0.717) is 0 Å². The van der Waals surface area contributed by atoms with Crippen molar-refractivity contribution in [1.82, 2.24) is 4.57 Å². The molecule has 0 saturated heterocycles. The Bertz CT molecular complexity index is 3180. The van der Waals surface area contributed by atoms with E-state index < -0.39 is 8.07 Å². The average molecular weight is 795 g/mol. The van der Waals surface area contributed by atoms with Crippen molar-refractivity contribution >= 4 is 78.5 Å². The van der Waals surface area contributed by atoms with Crippen LogP contribution in [0.4, 0.5) is 17.1 Å². The first-order valence-corrected chi connectivity index (χ1v) is 23.0. The highest BCUT2D eigenvalue weighted by molar-refractivity contribution is 7.19. The maximum atomic E-state index is 2.46. The Morgan fingerprint density at radius 2 is 0.820 bits per heavy atom. The van der Waals surface area contributed by atoms with Crippen molar-refractivity contribution in [1.29, 1.82) is 0 Å². The molecule has 0 fully saturated rings. The quantitative estimate of drug-likeness (QED) is 0.104. The molecular weight excluding hydrogens is 753 g/mol. The lowest BCUT2D eigenvalue weighted by atomic mass is 10.0. The van der Waals surface area contributed by atoms with Crippen LogP contribution in [-0.2, 0) is 0 Å². The van der Waals surface area contributed by atoms with E-state index >= 15 is 0 Å². The van der Waals surface area contributed by atoms with Gasteiger partial charge in [-0.1, -0.05) is 206 Å². The second-order valence-corrected chi connectivity index (χ2v) is 19.5. The Balaban J connectivity index is 1.10. The first-order valence-electron chi connectivity index (χ1n) is 21.0. The first kappa shape index (κ1) is 36.4. The molecule has 11 aromatic rings. The van der Waals surface area contributed by atoms with Crippen LogP contribution in [0.1, 0.15) is 0 Å². The van der Waals surface area contributed by atoms with E-state index in [0.717, 1.165) is 22.7 Å². The van der Waals surface area contributed by atoms with Crippen molar-refractivity contribution < 1.29 is 0 Å². The van der Waals surface area contributed by atoms with Gasteiger partial charge in [0.2, 0.25) is 0 Å². The van der Waals surface area contributed by atoms with E-state index in [1.807, 2.05) is 0 Å². The topological polar surface area (TPSA) is 8.17 Å². The third-order valence-electron chi connectivity index (χ3n) is 12.3. The van der Waals surface area contributed by atoms with Gasteiger partial charge in [0, 0.05) is 27.5 Å². The summed E-state index contributed by atoms with van der Waals surface area (Å²) in [7, 11) is -2.69. The molecule has 0 bridgehead atoms. The summed E-state index contributed by atoms with van der Waals surface area (Å²) in [4.78, 5) is 2.46. The van der Waals surface area contributed by atoms with Crippen molar-refractivity contribution in [3.05, 3.63) is 255 Å². The van der Waals surface area contributed by atoms with Gasteiger partial charge < -0.3 is 9.47 Å². The number of fused-ring (bicyclic) bond motifs is 4. The van der Waals surface area contributed by atoms with Crippen LogP contribution in [0.15, 0.2) is 255 Å². The molecule has 1 aromatic heterocycles. The molecule has 0 unspecified atom stereocenters. The summed E-state index contributed by atoms with van der Waals surface area (Å²) in [6, 6.07) is 93.6. The van der Waals surface area contributed by atoms with Crippen molar-refractivity contribution in [2.45, 2.75) is 0 Å². The van der Waals surface area contributed by atoms with Gasteiger partial charge >= 0.3 is 0 Å². The summed E-state index contributed by atoms with van der Waals surface area (Å²) in [5.41, 5.74) is 9.26. The van der Waals surface area contributed by atoms with Crippen LogP contribution in [0.3, 0.4) is 0 Å². The fraction of sp³-hybridized carbons (Fsp3) is 0. The molecule has 11 rings (SSSR count). The van der Waals surface area contributed by atoms with Gasteiger partial charge in [-0.25, -0.2) is 0 Å². The minimum atomic E-state index is -2.69. The molecule has 0 atom stereocenters. The van der Waals surface area contributed by atoms with Crippen molar-refractivity contribution in [2.24, 2.45) is 0 Å². The van der Waals surface area contributed by atoms with E-state index in [4.69, 9.17) is 0 Å². The molecule has 61 heavy (non-hydrogen) atoms. The van der Waals surface area contributed by atoms with Crippen LogP contribution >= 0.6 is 0 Å². The van der Waals surface area contributed by atoms with Crippen molar-refractivity contribution in [2.75, 3.05) is 4.90 Å². The Hall–Kier alpha value is -7.72. The molecule has 0 spiro atoms. The molecule has 10 aromatic carbocycles. The average Bonchev–Trinajstić information content (AvgIpc) is 3.69. The largest absolute Gasteiger partial charge is 0.309 e. The molecule has 3 heteroatoms. The van der Waals surface area contributed by atoms with Gasteiger partial charge in [0.05, 0.1) is 22.4 Å². The normalized spacial score (nSPS) is 11.6. The highest BCUT2D eigenvalue weighted by Crippen LogP contribution is 2.45. The number of para-hydroxylation sites is 2. The summed E-state index contributed by atoms with van der Waals surface area (Å²) in [6.45, 7) is 0. The Morgan fingerprint density at radius 3 is 1.49 bits per heavy atom. The molecule has 0 aliphatic heterocycles. The zero-order chi connectivity index (χ0) is 40.6. The van der Waals surface area contributed by atoms with Crippen LogP contribution in [-0.4, -0.2) is 12.6 Å². The van der Waals surface area contributed by atoms with Crippen molar-refractivity contribution in [3.8, 4) is 16.8 Å². The van der Waals surface area contributed by atoms with E-state index in [1.54, 1.807) is 0 Å². The molecule has 0 radical (unpaired) electrons. The minimum Gasteiger partial charge on any atom is -0.309 e. The van der Waals surface area contributed by atoms with Crippen LogP contribution < -0.4 is 25.6 Å². The Labute approximate surface area is 357 Å². The molecule has 1 heterocycles. The number of nitrogens with zero attached hydrogens (tertiary/aromatic N) is 2. The molecule has 2 nitrogen and oxygen atoms in total. The Kier molecular flexibility index (Phi) is 9.22. The number of hydrogen-bond acceptors (Lipinski definition) is 1. The summed E-state index contributed by atoms with van der Waals surface area (Å²) < 4.78 is 2.40. The second kappa shape index (κ2) is 15.5. The van der Waals surface area contributed by atoms with Crippen LogP contribution in [0.5, 0.6) is 0 Å². The predicted molar refractivity (Wildman–Crippen MR) is 262 cm³/mol. The second-order valence-electron chi connectivity index (χ2n) is 15.7. The van der Waals surface area contributed by atoms with Gasteiger partial charge in [0.15, 0.2) is 8.07 Å². The fourth-order valence-corrected chi connectivity index (χ4v) is 14.4. The molecule has 0 N–H and O–H groups in total. The van der Waals surface area contributed by atoms with Crippen molar-refractivity contribution in [3.63, 3.8) is 0 Å². The van der Waals surface area contributed by atoms with Gasteiger partial charge in [0.25, 0.3) is 0 Å². The summed E-state index contributed by atoms with van der Waals surface area (Å²) >= 11 is 0. The van der Waals surface area contributed by atoms with E-state index in [1.165, 1.54) is 64.5 Å². The zero-order valence-corrected chi connectivity index (χ0v) is 34.6.